The largest absolute Gasteiger partial charge is 0.393 e. The van der Waals surface area contributed by atoms with Gasteiger partial charge < -0.3 is 20.1 Å². The molecule has 0 amide bonds. The lowest BCUT2D eigenvalue weighted by atomic mass is 9.92. The van der Waals surface area contributed by atoms with Crippen LogP contribution in [0.1, 0.15) is 65.2 Å². The lowest BCUT2D eigenvalue weighted by Gasteiger charge is -2.37. The molecular weight excluding hydrogens is 380 g/mol. The molecule has 0 bridgehead atoms. The van der Waals surface area contributed by atoms with E-state index in [0.717, 1.165) is 50.0 Å². The normalized spacial score (nSPS) is 21.9. The SMILES string of the molecule is CCC[C@H](O)C[C@H](C[C@H](C)C[C@@H](O)CC1(C/C=C\CO)SCCCS1)OC. The van der Waals surface area contributed by atoms with Crippen molar-refractivity contribution in [3.05, 3.63) is 12.2 Å². The Morgan fingerprint density at radius 3 is 2.37 bits per heavy atom. The fourth-order valence-electron chi connectivity index (χ4n) is 3.77. The monoisotopic (exact) mass is 420 g/mol. The number of aliphatic hydroxyl groups is 3. The molecule has 4 nitrogen and oxygen atoms in total. The fraction of sp³-hybridized carbons (Fsp3) is 0.905. The molecule has 160 valence electrons. The van der Waals surface area contributed by atoms with E-state index in [2.05, 4.69) is 19.9 Å². The van der Waals surface area contributed by atoms with Gasteiger partial charge in [-0.15, -0.1) is 23.5 Å². The molecule has 4 atom stereocenters. The van der Waals surface area contributed by atoms with Gasteiger partial charge in [0.05, 0.1) is 29.0 Å². The summed E-state index contributed by atoms with van der Waals surface area (Å²) in [5.41, 5.74) is 0. The van der Waals surface area contributed by atoms with Crippen LogP contribution in [0.5, 0.6) is 0 Å². The molecule has 1 heterocycles. The number of hydrogen-bond acceptors (Lipinski definition) is 6. The van der Waals surface area contributed by atoms with Crippen LogP contribution in [0.2, 0.25) is 0 Å². The second-order valence-corrected chi connectivity index (χ2v) is 11.0. The number of ether oxygens (including phenoxy) is 1. The molecular formula is C21H40O4S2. The van der Waals surface area contributed by atoms with Crippen LogP contribution in [-0.2, 0) is 4.74 Å². The Kier molecular flexibility index (Phi) is 13.4. The molecule has 0 radical (unpaired) electrons. The van der Waals surface area contributed by atoms with Gasteiger partial charge in [0.25, 0.3) is 0 Å². The topological polar surface area (TPSA) is 69.9 Å². The predicted molar refractivity (Wildman–Crippen MR) is 118 cm³/mol. The third-order valence-electron chi connectivity index (χ3n) is 5.10. The molecule has 0 aliphatic carbocycles. The van der Waals surface area contributed by atoms with Crippen LogP contribution in [-0.4, -0.2) is 62.9 Å². The van der Waals surface area contributed by atoms with Crippen molar-refractivity contribution >= 4 is 23.5 Å². The van der Waals surface area contributed by atoms with E-state index < -0.39 is 0 Å². The molecule has 1 fully saturated rings. The maximum Gasteiger partial charge on any atom is 0.0669 e. The number of hydrogen-bond donors (Lipinski definition) is 3. The number of allylic oxidation sites excluding steroid dienone is 1. The van der Waals surface area contributed by atoms with Gasteiger partial charge in [-0.05, 0) is 62.4 Å². The van der Waals surface area contributed by atoms with Crippen LogP contribution in [0.15, 0.2) is 12.2 Å². The van der Waals surface area contributed by atoms with E-state index in [1.807, 2.05) is 23.5 Å². The van der Waals surface area contributed by atoms with Gasteiger partial charge >= 0.3 is 0 Å². The van der Waals surface area contributed by atoms with Crippen molar-refractivity contribution in [1.82, 2.24) is 0 Å². The Balaban J connectivity index is 2.51. The molecule has 1 aliphatic rings. The standard InChI is InChI=1S/C21H40O4S2/c1-4-8-18(23)15-20(25-3)14-17(2)13-19(24)16-21(9-5-6-10-22)26-11-7-12-27-21/h5-6,17-20,22-24H,4,7-16H2,1-3H3/b6-5-/t17-,18+,19-,20+/m1/s1. The summed E-state index contributed by atoms with van der Waals surface area (Å²) in [6.45, 7) is 4.32. The Hall–Kier alpha value is 0.280. The van der Waals surface area contributed by atoms with Gasteiger partial charge in [-0.3, -0.25) is 0 Å². The Morgan fingerprint density at radius 2 is 1.78 bits per heavy atom. The summed E-state index contributed by atoms with van der Waals surface area (Å²) in [5.74, 6) is 2.63. The summed E-state index contributed by atoms with van der Waals surface area (Å²) in [6, 6.07) is 0. The molecule has 1 rings (SSSR count). The Morgan fingerprint density at radius 1 is 1.07 bits per heavy atom. The first-order chi connectivity index (χ1) is 12.9. The molecule has 6 heteroatoms. The van der Waals surface area contributed by atoms with Crippen molar-refractivity contribution in [2.45, 2.75) is 87.6 Å². The van der Waals surface area contributed by atoms with Gasteiger partial charge in [0.2, 0.25) is 0 Å². The van der Waals surface area contributed by atoms with Crippen LogP contribution < -0.4 is 0 Å². The van der Waals surface area contributed by atoms with Crippen molar-refractivity contribution in [1.29, 1.82) is 0 Å². The first kappa shape index (κ1) is 25.3. The average Bonchev–Trinajstić information content (AvgIpc) is 2.62. The average molecular weight is 421 g/mol. The van der Waals surface area contributed by atoms with E-state index >= 15 is 0 Å². The van der Waals surface area contributed by atoms with Gasteiger partial charge in [0.1, 0.15) is 0 Å². The molecule has 1 aliphatic heterocycles. The van der Waals surface area contributed by atoms with Crippen LogP contribution in [0.4, 0.5) is 0 Å². The molecule has 0 unspecified atom stereocenters. The lowest BCUT2D eigenvalue weighted by Crippen LogP contribution is -2.31. The summed E-state index contributed by atoms with van der Waals surface area (Å²) >= 11 is 3.92. The minimum absolute atomic E-state index is 0.0288. The number of thioether (sulfide) groups is 2. The van der Waals surface area contributed by atoms with Crippen LogP contribution in [0, 0.1) is 5.92 Å². The van der Waals surface area contributed by atoms with Gasteiger partial charge in [-0.1, -0.05) is 32.4 Å². The van der Waals surface area contributed by atoms with Gasteiger partial charge in [-0.25, -0.2) is 0 Å². The van der Waals surface area contributed by atoms with Gasteiger partial charge in [0.15, 0.2) is 0 Å². The maximum atomic E-state index is 10.8. The van der Waals surface area contributed by atoms with Gasteiger partial charge in [0, 0.05) is 7.11 Å². The second-order valence-electron chi connectivity index (χ2n) is 7.79. The predicted octanol–water partition coefficient (Wildman–Crippen LogP) is 4.22. The second kappa shape index (κ2) is 14.3. The van der Waals surface area contributed by atoms with Crippen molar-refractivity contribution in [2.24, 2.45) is 5.92 Å². The lowest BCUT2D eigenvalue weighted by molar-refractivity contribution is 0.0231. The zero-order valence-corrected chi connectivity index (χ0v) is 18.9. The first-order valence-electron chi connectivity index (χ1n) is 10.4. The van der Waals surface area contributed by atoms with Crippen molar-refractivity contribution in [3.8, 4) is 0 Å². The van der Waals surface area contributed by atoms with Crippen LogP contribution >= 0.6 is 23.5 Å². The highest BCUT2D eigenvalue weighted by atomic mass is 32.2. The number of rotatable bonds is 14. The van der Waals surface area contributed by atoms with Crippen molar-refractivity contribution < 1.29 is 20.1 Å². The summed E-state index contributed by atoms with van der Waals surface area (Å²) in [4.78, 5) is 0. The summed E-state index contributed by atoms with van der Waals surface area (Å²) in [6.07, 6.45) is 10.3. The summed E-state index contributed by atoms with van der Waals surface area (Å²) in [5, 5.41) is 29.8. The third kappa shape index (κ3) is 10.6. The van der Waals surface area contributed by atoms with Gasteiger partial charge in [-0.2, -0.15) is 0 Å². The van der Waals surface area contributed by atoms with E-state index in [0.29, 0.717) is 12.3 Å². The Labute approximate surface area is 174 Å². The highest BCUT2D eigenvalue weighted by molar-refractivity contribution is 8.18. The van der Waals surface area contributed by atoms with E-state index in [9.17, 15) is 10.2 Å². The molecule has 0 aromatic rings. The minimum Gasteiger partial charge on any atom is -0.393 e. The van der Waals surface area contributed by atoms with E-state index in [1.165, 1.54) is 6.42 Å². The van der Waals surface area contributed by atoms with Crippen LogP contribution in [0.25, 0.3) is 0 Å². The van der Waals surface area contributed by atoms with Crippen molar-refractivity contribution in [3.63, 3.8) is 0 Å². The molecule has 0 saturated carbocycles. The zero-order chi connectivity index (χ0) is 20.1. The fourth-order valence-corrected chi connectivity index (χ4v) is 7.15. The number of aliphatic hydroxyl groups excluding tert-OH is 3. The first-order valence-corrected chi connectivity index (χ1v) is 12.3. The molecule has 0 spiro atoms. The highest BCUT2D eigenvalue weighted by Crippen LogP contribution is 2.48. The molecule has 1 saturated heterocycles. The highest BCUT2D eigenvalue weighted by Gasteiger charge is 2.35. The number of methoxy groups -OCH3 is 1. The third-order valence-corrected chi connectivity index (χ3v) is 8.51. The van der Waals surface area contributed by atoms with Crippen LogP contribution in [0.3, 0.4) is 0 Å². The Bertz CT molecular complexity index is 400. The minimum atomic E-state index is -0.335. The van der Waals surface area contributed by atoms with E-state index in [4.69, 9.17) is 9.84 Å². The smallest absolute Gasteiger partial charge is 0.0669 e. The molecule has 0 aromatic heterocycles. The zero-order valence-electron chi connectivity index (χ0n) is 17.3. The maximum absolute atomic E-state index is 10.8. The summed E-state index contributed by atoms with van der Waals surface area (Å²) in [7, 11) is 1.71. The quantitative estimate of drug-likeness (QED) is 0.366. The van der Waals surface area contributed by atoms with Crippen molar-refractivity contribution in [2.75, 3.05) is 25.2 Å². The van der Waals surface area contributed by atoms with E-state index in [1.54, 1.807) is 13.2 Å². The summed E-state index contributed by atoms with van der Waals surface area (Å²) < 4.78 is 5.60. The van der Waals surface area contributed by atoms with E-state index in [-0.39, 0.29) is 29.0 Å². The molecule has 0 aromatic carbocycles. The molecule has 3 N–H and O–H groups in total. The molecule has 27 heavy (non-hydrogen) atoms.